The van der Waals surface area contributed by atoms with Gasteiger partial charge in [-0.2, -0.15) is 0 Å². The van der Waals surface area contributed by atoms with Crippen molar-refractivity contribution in [3.8, 4) is 11.3 Å². The molecule has 1 aromatic heterocycles. The molecular formula is C17H17N3O2S. The number of amides is 2. The fourth-order valence-electron chi connectivity index (χ4n) is 2.89. The number of hydrogen-bond donors (Lipinski definition) is 2. The Morgan fingerprint density at radius 1 is 1.39 bits per heavy atom. The third kappa shape index (κ3) is 2.86. The number of nitrogens with one attached hydrogen (secondary N) is 2. The number of carbonyl (C=O) groups excluding carboxylic acids is 2. The van der Waals surface area contributed by atoms with Crippen molar-refractivity contribution < 1.29 is 9.59 Å². The van der Waals surface area contributed by atoms with Gasteiger partial charge >= 0.3 is 0 Å². The monoisotopic (exact) mass is 327 g/mol. The summed E-state index contributed by atoms with van der Waals surface area (Å²) >= 11 is 1.44. The summed E-state index contributed by atoms with van der Waals surface area (Å²) in [6, 6.07) is 5.94. The average molecular weight is 327 g/mol. The Kier molecular flexibility index (Phi) is 3.41. The first-order valence-corrected chi connectivity index (χ1v) is 8.67. The van der Waals surface area contributed by atoms with Crippen molar-refractivity contribution >= 4 is 34.0 Å². The Morgan fingerprint density at radius 3 is 3.00 bits per heavy atom. The first-order valence-electron chi connectivity index (χ1n) is 7.79. The minimum atomic E-state index is 0.0678. The van der Waals surface area contributed by atoms with Crippen LogP contribution in [0.4, 0.5) is 10.8 Å². The predicted molar refractivity (Wildman–Crippen MR) is 90.4 cm³/mol. The van der Waals surface area contributed by atoms with Gasteiger partial charge in [0.15, 0.2) is 5.13 Å². The lowest BCUT2D eigenvalue weighted by molar-refractivity contribution is -0.118. The number of aryl methyl sites for hydroxylation is 1. The Labute approximate surface area is 138 Å². The highest BCUT2D eigenvalue weighted by atomic mass is 32.1. The van der Waals surface area contributed by atoms with Gasteiger partial charge in [-0.1, -0.05) is 13.0 Å². The molecular weight excluding hydrogens is 310 g/mol. The third-order valence-electron chi connectivity index (χ3n) is 4.48. The standard InChI is InChI=1S/C17H17N3O2S/c1-9-6-12(9)16(22)20-17-19-14(8-23-17)11-2-4-13-10(7-11)3-5-15(21)18-13/h2,4,7-9,12H,3,5-6H2,1H3,(H,18,21)(H,19,20,22)/t9-,12-/m0/s1. The molecule has 0 spiro atoms. The number of fused-ring (bicyclic) bond motifs is 1. The first kappa shape index (κ1) is 14.4. The third-order valence-corrected chi connectivity index (χ3v) is 5.23. The number of thiazole rings is 1. The molecule has 0 unspecified atom stereocenters. The van der Waals surface area contributed by atoms with Gasteiger partial charge in [0.25, 0.3) is 0 Å². The number of carbonyl (C=O) groups is 2. The van der Waals surface area contributed by atoms with Gasteiger partial charge in [0, 0.05) is 29.0 Å². The molecule has 23 heavy (non-hydrogen) atoms. The van der Waals surface area contributed by atoms with Crippen LogP contribution < -0.4 is 10.6 Å². The van der Waals surface area contributed by atoms with Crippen LogP contribution in [-0.2, 0) is 16.0 Å². The van der Waals surface area contributed by atoms with E-state index in [1.165, 1.54) is 11.3 Å². The zero-order chi connectivity index (χ0) is 16.0. The molecule has 4 rings (SSSR count). The lowest BCUT2D eigenvalue weighted by atomic mass is 9.99. The average Bonchev–Trinajstić information content (AvgIpc) is 3.09. The van der Waals surface area contributed by atoms with E-state index in [2.05, 4.69) is 28.6 Å². The molecule has 1 saturated carbocycles. The molecule has 6 heteroatoms. The van der Waals surface area contributed by atoms with Gasteiger partial charge in [-0.05, 0) is 36.5 Å². The molecule has 0 bridgehead atoms. The number of nitrogens with zero attached hydrogens (tertiary/aromatic N) is 1. The molecule has 2 aliphatic rings. The fraction of sp³-hybridized carbons (Fsp3) is 0.353. The molecule has 118 valence electrons. The van der Waals surface area contributed by atoms with E-state index >= 15 is 0 Å². The van der Waals surface area contributed by atoms with E-state index in [9.17, 15) is 9.59 Å². The summed E-state index contributed by atoms with van der Waals surface area (Å²) in [5, 5.41) is 8.39. The minimum absolute atomic E-state index is 0.0678. The quantitative estimate of drug-likeness (QED) is 0.909. The smallest absolute Gasteiger partial charge is 0.229 e. The van der Waals surface area contributed by atoms with Crippen molar-refractivity contribution in [3.63, 3.8) is 0 Å². The first-order chi connectivity index (χ1) is 11.1. The Balaban J connectivity index is 1.52. The van der Waals surface area contributed by atoms with E-state index in [-0.39, 0.29) is 17.7 Å². The fourth-order valence-corrected chi connectivity index (χ4v) is 3.61. The van der Waals surface area contributed by atoms with E-state index in [0.29, 0.717) is 17.5 Å². The Morgan fingerprint density at radius 2 is 2.22 bits per heavy atom. The molecule has 1 aliphatic carbocycles. The van der Waals surface area contributed by atoms with E-state index in [4.69, 9.17) is 0 Å². The Hall–Kier alpha value is -2.21. The summed E-state index contributed by atoms with van der Waals surface area (Å²) in [7, 11) is 0. The molecule has 0 saturated heterocycles. The molecule has 2 heterocycles. The maximum atomic E-state index is 12.0. The van der Waals surface area contributed by atoms with Crippen molar-refractivity contribution in [1.29, 1.82) is 0 Å². The summed E-state index contributed by atoms with van der Waals surface area (Å²) in [6.07, 6.45) is 2.25. The molecule has 2 atom stereocenters. The van der Waals surface area contributed by atoms with Crippen LogP contribution in [0.1, 0.15) is 25.3 Å². The van der Waals surface area contributed by atoms with Gasteiger partial charge in [0.2, 0.25) is 11.8 Å². The van der Waals surface area contributed by atoms with E-state index in [1.54, 1.807) is 0 Å². The van der Waals surface area contributed by atoms with Crippen molar-refractivity contribution in [2.75, 3.05) is 10.6 Å². The van der Waals surface area contributed by atoms with Gasteiger partial charge in [-0.15, -0.1) is 11.3 Å². The second-order valence-electron chi connectivity index (χ2n) is 6.27. The van der Waals surface area contributed by atoms with Gasteiger partial charge in [-0.3, -0.25) is 9.59 Å². The van der Waals surface area contributed by atoms with Crippen LogP contribution in [0.5, 0.6) is 0 Å². The predicted octanol–water partition coefficient (Wildman–Crippen LogP) is 3.29. The number of anilines is 2. The van der Waals surface area contributed by atoms with Crippen molar-refractivity contribution in [3.05, 3.63) is 29.1 Å². The van der Waals surface area contributed by atoms with Crippen LogP contribution in [-0.4, -0.2) is 16.8 Å². The summed E-state index contributed by atoms with van der Waals surface area (Å²) in [5.41, 5.74) is 3.88. The van der Waals surface area contributed by atoms with Crippen molar-refractivity contribution in [1.82, 2.24) is 4.98 Å². The zero-order valence-corrected chi connectivity index (χ0v) is 13.6. The van der Waals surface area contributed by atoms with Gasteiger partial charge in [0.1, 0.15) is 0 Å². The van der Waals surface area contributed by atoms with Crippen LogP contribution >= 0.6 is 11.3 Å². The molecule has 2 aromatic rings. The maximum absolute atomic E-state index is 12.0. The van der Waals surface area contributed by atoms with Crippen LogP contribution in [0.25, 0.3) is 11.3 Å². The Bertz CT molecular complexity index is 799. The molecule has 5 nitrogen and oxygen atoms in total. The van der Waals surface area contributed by atoms with Gasteiger partial charge < -0.3 is 10.6 Å². The normalized spacial score (nSPS) is 22.2. The molecule has 2 amide bonds. The second-order valence-corrected chi connectivity index (χ2v) is 7.12. The second kappa shape index (κ2) is 5.45. The van der Waals surface area contributed by atoms with Gasteiger partial charge in [-0.25, -0.2) is 4.98 Å². The highest BCUT2D eigenvalue weighted by molar-refractivity contribution is 7.14. The molecule has 0 radical (unpaired) electrons. The highest BCUT2D eigenvalue weighted by Gasteiger charge is 2.39. The van der Waals surface area contributed by atoms with Crippen LogP contribution in [0.15, 0.2) is 23.6 Å². The number of aromatic nitrogens is 1. The maximum Gasteiger partial charge on any atom is 0.229 e. The summed E-state index contributed by atoms with van der Waals surface area (Å²) in [6.45, 7) is 2.09. The van der Waals surface area contributed by atoms with Crippen LogP contribution in [0.2, 0.25) is 0 Å². The van der Waals surface area contributed by atoms with Crippen LogP contribution in [0.3, 0.4) is 0 Å². The van der Waals surface area contributed by atoms with Crippen molar-refractivity contribution in [2.24, 2.45) is 11.8 Å². The molecule has 2 N–H and O–H groups in total. The lowest BCUT2D eigenvalue weighted by Crippen LogP contribution is -2.18. The summed E-state index contributed by atoms with van der Waals surface area (Å²) in [5.74, 6) is 0.782. The van der Waals surface area contributed by atoms with Crippen molar-refractivity contribution in [2.45, 2.75) is 26.2 Å². The van der Waals surface area contributed by atoms with E-state index in [1.807, 2.05) is 17.5 Å². The minimum Gasteiger partial charge on any atom is -0.326 e. The van der Waals surface area contributed by atoms with Gasteiger partial charge in [0.05, 0.1) is 5.69 Å². The zero-order valence-electron chi connectivity index (χ0n) is 12.8. The molecule has 1 aliphatic heterocycles. The molecule has 1 fully saturated rings. The topological polar surface area (TPSA) is 71.1 Å². The van der Waals surface area contributed by atoms with E-state index < -0.39 is 0 Å². The number of hydrogen-bond acceptors (Lipinski definition) is 4. The van der Waals surface area contributed by atoms with E-state index in [0.717, 1.165) is 35.3 Å². The summed E-state index contributed by atoms with van der Waals surface area (Å²) < 4.78 is 0. The molecule has 1 aromatic carbocycles. The SMILES string of the molecule is C[C@H]1C[C@@H]1C(=O)Nc1nc(-c2ccc3c(c2)CCC(=O)N3)cs1. The van der Waals surface area contributed by atoms with Crippen LogP contribution in [0, 0.1) is 11.8 Å². The largest absolute Gasteiger partial charge is 0.326 e. The number of rotatable bonds is 3. The summed E-state index contributed by atoms with van der Waals surface area (Å²) in [4.78, 5) is 27.9. The number of benzene rings is 1. The highest BCUT2D eigenvalue weighted by Crippen LogP contribution is 2.39. The lowest BCUT2D eigenvalue weighted by Gasteiger charge is -2.17.